The van der Waals surface area contributed by atoms with Crippen LogP contribution in [0.5, 0.6) is 0 Å². The van der Waals surface area contributed by atoms with E-state index in [1.54, 1.807) is 0 Å². The van der Waals surface area contributed by atoms with E-state index in [1.165, 1.54) is 35.4 Å². The molecule has 0 saturated carbocycles. The van der Waals surface area contributed by atoms with Crippen molar-refractivity contribution >= 4 is 57.3 Å². The van der Waals surface area contributed by atoms with Gasteiger partial charge in [0.15, 0.2) is 0 Å². The molecular formula is C21H15F2N5O6S. The lowest BCUT2D eigenvalue weighted by Crippen LogP contribution is -2.36. The highest BCUT2D eigenvalue weighted by Crippen LogP contribution is 2.35. The third kappa shape index (κ3) is 4.30. The van der Waals surface area contributed by atoms with Crippen LogP contribution in [0.2, 0.25) is 0 Å². The normalized spacial score (nSPS) is 14.9. The summed E-state index contributed by atoms with van der Waals surface area (Å²) in [4.78, 5) is 60.9. The van der Waals surface area contributed by atoms with E-state index in [-0.39, 0.29) is 16.2 Å². The van der Waals surface area contributed by atoms with Gasteiger partial charge >= 0.3 is 5.69 Å². The molecule has 3 aromatic rings. The van der Waals surface area contributed by atoms with Crippen LogP contribution in [0.3, 0.4) is 0 Å². The standard InChI is InChI=1S/C21H15F2N5O6S/c1-25-15-5-10(14(28(33)34)8-16(15)26(2)20(25)31)6-17-19(30)27(21(32)35-17)9-18(29)24-13-4-3-11(22)7-12(13)23/h3-8H,9H2,1-2H3,(H,24,29)/b17-6-. The van der Waals surface area contributed by atoms with Gasteiger partial charge in [0.25, 0.3) is 16.8 Å². The molecule has 2 heterocycles. The molecule has 0 aliphatic carbocycles. The van der Waals surface area contributed by atoms with E-state index < -0.39 is 51.5 Å². The Bertz CT molecular complexity index is 1540. The summed E-state index contributed by atoms with van der Waals surface area (Å²) in [7, 11) is 2.94. The number of rotatable bonds is 5. The zero-order valence-corrected chi connectivity index (χ0v) is 18.9. The molecule has 1 aliphatic heterocycles. The number of imide groups is 1. The van der Waals surface area contributed by atoms with Crippen molar-refractivity contribution in [2.24, 2.45) is 14.1 Å². The molecule has 1 N–H and O–H groups in total. The van der Waals surface area contributed by atoms with Gasteiger partial charge < -0.3 is 5.32 Å². The Morgan fingerprint density at radius 3 is 2.40 bits per heavy atom. The van der Waals surface area contributed by atoms with Gasteiger partial charge in [-0.3, -0.25) is 38.5 Å². The summed E-state index contributed by atoms with van der Waals surface area (Å²) < 4.78 is 29.3. The fourth-order valence-electron chi connectivity index (χ4n) is 3.53. The van der Waals surface area contributed by atoms with Crippen molar-refractivity contribution in [2.45, 2.75) is 0 Å². The number of benzene rings is 2. The number of fused-ring (bicyclic) bond motifs is 1. The highest BCUT2D eigenvalue weighted by atomic mass is 32.2. The zero-order chi connectivity index (χ0) is 25.6. The van der Waals surface area contributed by atoms with E-state index in [0.717, 1.165) is 18.2 Å². The molecule has 35 heavy (non-hydrogen) atoms. The molecule has 0 atom stereocenters. The van der Waals surface area contributed by atoms with E-state index in [0.29, 0.717) is 33.8 Å². The van der Waals surface area contributed by atoms with Gasteiger partial charge in [0, 0.05) is 26.2 Å². The van der Waals surface area contributed by atoms with Crippen LogP contribution >= 0.6 is 11.8 Å². The van der Waals surface area contributed by atoms with Crippen LogP contribution in [0.4, 0.5) is 25.0 Å². The number of hydrogen-bond acceptors (Lipinski definition) is 7. The van der Waals surface area contributed by atoms with E-state index in [1.807, 2.05) is 0 Å². The summed E-state index contributed by atoms with van der Waals surface area (Å²) >= 11 is 0.467. The highest BCUT2D eigenvalue weighted by molar-refractivity contribution is 8.18. The van der Waals surface area contributed by atoms with Crippen molar-refractivity contribution in [3.8, 4) is 0 Å². The summed E-state index contributed by atoms with van der Waals surface area (Å²) in [5.41, 5.74) is -0.484. The quantitative estimate of drug-likeness (QED) is 0.321. The van der Waals surface area contributed by atoms with Crippen LogP contribution in [-0.2, 0) is 23.7 Å². The Morgan fingerprint density at radius 1 is 1.11 bits per heavy atom. The predicted octanol–water partition coefficient (Wildman–Crippen LogP) is 2.74. The van der Waals surface area contributed by atoms with E-state index in [9.17, 15) is 38.1 Å². The van der Waals surface area contributed by atoms with Gasteiger partial charge in [-0.1, -0.05) is 0 Å². The van der Waals surface area contributed by atoms with Crippen LogP contribution < -0.4 is 11.0 Å². The summed E-state index contributed by atoms with van der Waals surface area (Å²) in [5.74, 6) is -3.68. The number of carbonyl (C=O) groups excluding carboxylic acids is 3. The SMILES string of the molecule is Cn1c(=O)n(C)c2cc([N+](=O)[O-])c(/C=C3\SC(=O)N(CC(=O)Nc4ccc(F)cc4F)C3=O)cc21. The average Bonchev–Trinajstić information content (AvgIpc) is 3.17. The third-order valence-electron chi connectivity index (χ3n) is 5.28. The molecule has 4 rings (SSSR count). The number of hydrogen-bond donors (Lipinski definition) is 1. The molecule has 2 aromatic carbocycles. The molecular weight excluding hydrogens is 488 g/mol. The van der Waals surface area contributed by atoms with Gasteiger partial charge in [0.1, 0.15) is 18.2 Å². The van der Waals surface area contributed by atoms with Crippen LogP contribution in [0, 0.1) is 21.7 Å². The number of nitro benzene ring substituents is 1. The summed E-state index contributed by atoms with van der Waals surface area (Å²) in [6, 6.07) is 5.02. The number of aryl methyl sites for hydroxylation is 2. The Balaban J connectivity index is 1.62. The molecule has 1 aromatic heterocycles. The number of thioether (sulfide) groups is 1. The van der Waals surface area contributed by atoms with Crippen LogP contribution in [0.25, 0.3) is 17.1 Å². The molecule has 180 valence electrons. The molecule has 1 aliphatic rings. The second-order valence-electron chi connectivity index (χ2n) is 7.50. The maximum absolute atomic E-state index is 13.8. The third-order valence-corrected chi connectivity index (χ3v) is 6.19. The lowest BCUT2D eigenvalue weighted by molar-refractivity contribution is -0.385. The van der Waals surface area contributed by atoms with Gasteiger partial charge in [-0.05, 0) is 36.0 Å². The van der Waals surface area contributed by atoms with Crippen molar-refractivity contribution in [1.29, 1.82) is 0 Å². The topological polar surface area (TPSA) is 137 Å². The molecule has 0 unspecified atom stereocenters. The number of aromatic nitrogens is 2. The molecule has 0 radical (unpaired) electrons. The molecule has 11 nitrogen and oxygen atoms in total. The number of halogens is 2. The van der Waals surface area contributed by atoms with E-state index >= 15 is 0 Å². The molecule has 1 fully saturated rings. The number of nitro groups is 1. The first-order valence-electron chi connectivity index (χ1n) is 9.82. The molecule has 0 spiro atoms. The molecule has 0 bridgehead atoms. The second-order valence-corrected chi connectivity index (χ2v) is 8.49. The maximum atomic E-state index is 13.8. The first kappa shape index (κ1) is 23.8. The number of amides is 3. The molecule has 14 heteroatoms. The Hall–Kier alpha value is -4.33. The van der Waals surface area contributed by atoms with Crippen molar-refractivity contribution in [2.75, 3.05) is 11.9 Å². The van der Waals surface area contributed by atoms with Crippen molar-refractivity contribution < 1.29 is 28.1 Å². The smallest absolute Gasteiger partial charge is 0.322 e. The first-order valence-corrected chi connectivity index (χ1v) is 10.6. The highest BCUT2D eigenvalue weighted by Gasteiger charge is 2.37. The van der Waals surface area contributed by atoms with Crippen molar-refractivity contribution in [3.63, 3.8) is 0 Å². The van der Waals surface area contributed by atoms with Crippen molar-refractivity contribution in [1.82, 2.24) is 14.0 Å². The number of carbonyl (C=O) groups is 3. The summed E-state index contributed by atoms with van der Waals surface area (Å²) in [5, 5.41) is 13.0. The number of nitrogens with one attached hydrogen (secondary N) is 1. The zero-order valence-electron chi connectivity index (χ0n) is 18.1. The monoisotopic (exact) mass is 503 g/mol. The Labute approximate surface area is 198 Å². The number of nitrogens with zero attached hydrogens (tertiary/aromatic N) is 4. The van der Waals surface area contributed by atoms with E-state index in [4.69, 9.17) is 0 Å². The average molecular weight is 503 g/mol. The lowest BCUT2D eigenvalue weighted by Gasteiger charge is -2.12. The second kappa shape index (κ2) is 8.79. The Morgan fingerprint density at radius 2 is 1.77 bits per heavy atom. The van der Waals surface area contributed by atoms with Crippen molar-refractivity contribution in [3.05, 3.63) is 73.0 Å². The summed E-state index contributed by atoms with van der Waals surface area (Å²) in [6.07, 6.45) is 1.14. The molecule has 3 amide bonds. The predicted molar refractivity (Wildman–Crippen MR) is 122 cm³/mol. The fourth-order valence-corrected chi connectivity index (χ4v) is 4.35. The van der Waals surface area contributed by atoms with Gasteiger partial charge in [-0.2, -0.15) is 0 Å². The lowest BCUT2D eigenvalue weighted by atomic mass is 10.1. The molecule has 1 saturated heterocycles. The van der Waals surface area contributed by atoms with Gasteiger partial charge in [-0.25, -0.2) is 13.6 Å². The largest absolute Gasteiger partial charge is 0.328 e. The fraction of sp³-hybridized carbons (Fsp3) is 0.143. The maximum Gasteiger partial charge on any atom is 0.328 e. The van der Waals surface area contributed by atoms with E-state index in [2.05, 4.69) is 5.32 Å². The van der Waals surface area contributed by atoms with Crippen LogP contribution in [0.1, 0.15) is 5.56 Å². The van der Waals surface area contributed by atoms with Gasteiger partial charge in [0.05, 0.1) is 32.1 Å². The Kier molecular flexibility index (Phi) is 5.98. The van der Waals surface area contributed by atoms with Gasteiger partial charge in [-0.15, -0.1) is 0 Å². The minimum atomic E-state index is -1.04. The minimum absolute atomic E-state index is 0.0213. The van der Waals surface area contributed by atoms with Crippen LogP contribution in [-0.4, -0.2) is 42.6 Å². The minimum Gasteiger partial charge on any atom is -0.322 e. The van der Waals surface area contributed by atoms with Crippen LogP contribution in [0.15, 0.2) is 40.0 Å². The number of imidazole rings is 1. The van der Waals surface area contributed by atoms with Gasteiger partial charge in [0.2, 0.25) is 5.91 Å². The summed E-state index contributed by atoms with van der Waals surface area (Å²) in [6.45, 7) is -0.757. The first-order chi connectivity index (χ1) is 16.5. The number of anilines is 1.